The zero-order valence-corrected chi connectivity index (χ0v) is 11.4. The van der Waals surface area contributed by atoms with E-state index in [1.165, 1.54) is 18.3 Å². The van der Waals surface area contributed by atoms with Crippen LogP contribution >= 0.6 is 11.8 Å². The van der Waals surface area contributed by atoms with Gasteiger partial charge in [0.1, 0.15) is 17.5 Å². The minimum atomic E-state index is -0.944. The molecule has 0 saturated heterocycles. The maximum absolute atomic E-state index is 11.0. The van der Waals surface area contributed by atoms with Crippen LogP contribution in [0.3, 0.4) is 0 Å². The average molecular weight is 283 g/mol. The first-order valence-corrected chi connectivity index (χ1v) is 7.18. The van der Waals surface area contributed by atoms with Crippen LogP contribution in [0.5, 0.6) is 11.5 Å². The van der Waals surface area contributed by atoms with Gasteiger partial charge in [-0.3, -0.25) is 4.99 Å². The molecule has 0 fully saturated rings. The van der Waals surface area contributed by atoms with E-state index in [4.69, 9.17) is 10.2 Å². The lowest BCUT2D eigenvalue weighted by atomic mass is 10.1. The molecule has 5 nitrogen and oxygen atoms in total. The summed E-state index contributed by atoms with van der Waals surface area (Å²) in [7, 11) is 0. The number of thioether (sulfide) groups is 1. The van der Waals surface area contributed by atoms with E-state index in [9.17, 15) is 9.90 Å². The summed E-state index contributed by atoms with van der Waals surface area (Å²) >= 11 is 1.58. The minimum absolute atomic E-state index is 0.0124. The van der Waals surface area contributed by atoms with Gasteiger partial charge in [0.15, 0.2) is 0 Å². The first kappa shape index (κ1) is 15.4. The average Bonchev–Trinajstić information content (AvgIpc) is 2.35. The molecule has 1 aromatic carbocycles. The Morgan fingerprint density at radius 2 is 2.21 bits per heavy atom. The Labute approximate surface area is 116 Å². The van der Waals surface area contributed by atoms with Gasteiger partial charge >= 0.3 is 5.97 Å². The Kier molecular flexibility index (Phi) is 6.21. The topological polar surface area (TPSA) is 90.1 Å². The standard InChI is InChI=1S/C13H17NO4S/c1-19-7-5-11(13(17)18)14-6-4-9-2-3-10(15)8-12(9)16/h2-3,6,8,11,15-16H,4-5,7H2,1H3,(H,17,18)/t11-/m0/s1. The van der Waals surface area contributed by atoms with Crippen molar-refractivity contribution < 1.29 is 20.1 Å². The van der Waals surface area contributed by atoms with Crippen molar-refractivity contribution in [1.29, 1.82) is 0 Å². The second-order valence-corrected chi connectivity index (χ2v) is 4.97. The van der Waals surface area contributed by atoms with Crippen LogP contribution in [0.15, 0.2) is 23.2 Å². The third-order valence-corrected chi connectivity index (χ3v) is 3.19. The van der Waals surface area contributed by atoms with Crippen molar-refractivity contribution >= 4 is 23.9 Å². The number of phenolic OH excluding ortho intramolecular Hbond substituents is 2. The molecule has 0 aliphatic rings. The van der Waals surface area contributed by atoms with E-state index in [0.29, 0.717) is 18.4 Å². The molecule has 0 amide bonds. The number of carboxylic acid groups (broad SMARTS) is 1. The van der Waals surface area contributed by atoms with E-state index < -0.39 is 12.0 Å². The van der Waals surface area contributed by atoms with Gasteiger partial charge in [0, 0.05) is 18.7 Å². The van der Waals surface area contributed by atoms with Crippen molar-refractivity contribution in [3.63, 3.8) is 0 Å². The van der Waals surface area contributed by atoms with Crippen molar-refractivity contribution in [1.82, 2.24) is 0 Å². The molecule has 0 spiro atoms. The third kappa shape index (κ3) is 5.21. The van der Waals surface area contributed by atoms with Crippen LogP contribution in [-0.4, -0.2) is 45.6 Å². The van der Waals surface area contributed by atoms with E-state index >= 15 is 0 Å². The molecule has 0 aliphatic heterocycles. The lowest BCUT2D eigenvalue weighted by Crippen LogP contribution is -2.19. The molecule has 1 rings (SSSR count). The number of benzene rings is 1. The number of carbonyl (C=O) groups is 1. The van der Waals surface area contributed by atoms with Gasteiger partial charge in [0.25, 0.3) is 0 Å². The van der Waals surface area contributed by atoms with Gasteiger partial charge < -0.3 is 15.3 Å². The Balaban J connectivity index is 2.62. The molecule has 0 unspecified atom stereocenters. The molecule has 6 heteroatoms. The van der Waals surface area contributed by atoms with Crippen LogP contribution in [0.1, 0.15) is 12.0 Å². The van der Waals surface area contributed by atoms with Crippen molar-refractivity contribution in [3.05, 3.63) is 23.8 Å². The number of rotatable bonds is 7. The fourth-order valence-electron chi connectivity index (χ4n) is 1.49. The van der Waals surface area contributed by atoms with Crippen LogP contribution < -0.4 is 0 Å². The summed E-state index contributed by atoms with van der Waals surface area (Å²) in [6.07, 6.45) is 4.21. The molecule has 104 valence electrons. The molecule has 0 aromatic heterocycles. The molecular formula is C13H17NO4S. The lowest BCUT2D eigenvalue weighted by molar-refractivity contribution is -0.138. The third-order valence-electron chi connectivity index (χ3n) is 2.55. The van der Waals surface area contributed by atoms with Crippen molar-refractivity contribution in [3.8, 4) is 11.5 Å². The van der Waals surface area contributed by atoms with Crippen molar-refractivity contribution in [2.45, 2.75) is 18.9 Å². The fourth-order valence-corrected chi connectivity index (χ4v) is 1.95. The molecule has 1 atom stereocenters. The van der Waals surface area contributed by atoms with Crippen LogP contribution in [0, 0.1) is 0 Å². The summed E-state index contributed by atoms with van der Waals surface area (Å²) in [5.41, 5.74) is 0.593. The SMILES string of the molecule is CSCC[C@H](N=CCc1ccc(O)cc1O)C(=O)O. The van der Waals surface area contributed by atoms with Crippen molar-refractivity contribution in [2.24, 2.45) is 4.99 Å². The number of hydrogen-bond donors (Lipinski definition) is 3. The number of aromatic hydroxyl groups is 2. The Hall–Kier alpha value is -1.69. The largest absolute Gasteiger partial charge is 0.508 e. The zero-order valence-electron chi connectivity index (χ0n) is 10.6. The molecule has 3 N–H and O–H groups in total. The normalized spacial score (nSPS) is 12.7. The molecule has 0 aliphatic carbocycles. The number of nitrogens with zero attached hydrogens (tertiary/aromatic N) is 1. The molecule has 0 saturated carbocycles. The van der Waals surface area contributed by atoms with Crippen LogP contribution in [0.2, 0.25) is 0 Å². The maximum Gasteiger partial charge on any atom is 0.328 e. The minimum Gasteiger partial charge on any atom is -0.508 e. The highest BCUT2D eigenvalue weighted by atomic mass is 32.2. The first-order chi connectivity index (χ1) is 9.04. The van der Waals surface area contributed by atoms with E-state index in [0.717, 1.165) is 5.75 Å². The number of aliphatic imine (C=N–C) groups is 1. The Morgan fingerprint density at radius 1 is 1.47 bits per heavy atom. The van der Waals surface area contributed by atoms with E-state index in [-0.39, 0.29) is 11.5 Å². The van der Waals surface area contributed by atoms with E-state index in [2.05, 4.69) is 4.99 Å². The Bertz CT molecular complexity index is 462. The molecule has 0 heterocycles. The van der Waals surface area contributed by atoms with Gasteiger partial charge in [-0.15, -0.1) is 0 Å². The van der Waals surface area contributed by atoms with Gasteiger partial charge in [-0.2, -0.15) is 11.8 Å². The summed E-state index contributed by atoms with van der Waals surface area (Å²) in [6.45, 7) is 0. The maximum atomic E-state index is 11.0. The highest BCUT2D eigenvalue weighted by Gasteiger charge is 2.14. The smallest absolute Gasteiger partial charge is 0.328 e. The van der Waals surface area contributed by atoms with Gasteiger partial charge in [-0.1, -0.05) is 6.07 Å². The molecule has 0 radical (unpaired) electrons. The van der Waals surface area contributed by atoms with Crippen molar-refractivity contribution in [2.75, 3.05) is 12.0 Å². The number of phenols is 2. The molecular weight excluding hydrogens is 266 g/mol. The summed E-state index contributed by atoms with van der Waals surface area (Å²) in [4.78, 5) is 15.0. The van der Waals surface area contributed by atoms with Crippen LogP contribution in [0.25, 0.3) is 0 Å². The van der Waals surface area contributed by atoms with Crippen LogP contribution in [-0.2, 0) is 11.2 Å². The quantitative estimate of drug-likeness (QED) is 0.665. The highest BCUT2D eigenvalue weighted by Crippen LogP contribution is 2.22. The summed E-state index contributed by atoms with van der Waals surface area (Å²) < 4.78 is 0. The van der Waals surface area contributed by atoms with E-state index in [1.807, 2.05) is 6.26 Å². The molecule has 19 heavy (non-hydrogen) atoms. The van der Waals surface area contributed by atoms with Gasteiger partial charge in [0.2, 0.25) is 0 Å². The monoisotopic (exact) mass is 283 g/mol. The fraction of sp³-hybridized carbons (Fsp3) is 0.385. The summed E-state index contributed by atoms with van der Waals surface area (Å²) in [5, 5.41) is 27.7. The Morgan fingerprint density at radius 3 is 2.79 bits per heavy atom. The second kappa shape index (κ2) is 7.68. The number of aliphatic carboxylic acids is 1. The first-order valence-electron chi connectivity index (χ1n) is 5.79. The highest BCUT2D eigenvalue weighted by molar-refractivity contribution is 7.98. The van der Waals surface area contributed by atoms with Crippen LogP contribution in [0.4, 0.5) is 0 Å². The summed E-state index contributed by atoms with van der Waals surface area (Å²) in [5.74, 6) is -0.247. The predicted octanol–water partition coefficient (Wildman–Crippen LogP) is 1.92. The predicted molar refractivity (Wildman–Crippen MR) is 76.4 cm³/mol. The number of carboxylic acids is 1. The zero-order chi connectivity index (χ0) is 14.3. The van der Waals surface area contributed by atoms with Gasteiger partial charge in [-0.05, 0) is 30.1 Å². The lowest BCUT2D eigenvalue weighted by Gasteiger charge is -2.06. The molecule has 0 bridgehead atoms. The second-order valence-electron chi connectivity index (χ2n) is 3.98. The van der Waals surface area contributed by atoms with Gasteiger partial charge in [-0.25, -0.2) is 4.79 Å². The molecule has 1 aromatic rings. The van der Waals surface area contributed by atoms with E-state index in [1.54, 1.807) is 17.8 Å². The summed E-state index contributed by atoms with van der Waals surface area (Å²) in [6, 6.07) is 3.54. The van der Waals surface area contributed by atoms with Gasteiger partial charge in [0.05, 0.1) is 0 Å². The number of hydrogen-bond acceptors (Lipinski definition) is 5.